The Morgan fingerprint density at radius 1 is 0.879 bits per heavy atom. The summed E-state index contributed by atoms with van der Waals surface area (Å²) in [6, 6.07) is 19.8. The summed E-state index contributed by atoms with van der Waals surface area (Å²) in [6.45, 7) is 4.10. The van der Waals surface area contributed by atoms with Gasteiger partial charge in [0.05, 0.1) is 10.6 Å². The van der Waals surface area contributed by atoms with E-state index >= 15 is 0 Å². The maximum Gasteiger partial charge on any atom is 0.291 e. The van der Waals surface area contributed by atoms with Crippen molar-refractivity contribution < 1.29 is 13.6 Å². The molecule has 7 heteroatoms. The van der Waals surface area contributed by atoms with Gasteiger partial charge in [0.2, 0.25) is 5.89 Å². The van der Waals surface area contributed by atoms with Gasteiger partial charge in [-0.15, -0.1) is 0 Å². The van der Waals surface area contributed by atoms with Gasteiger partial charge in [-0.1, -0.05) is 35.3 Å². The number of aromatic nitrogens is 1. The summed E-state index contributed by atoms with van der Waals surface area (Å²) >= 11 is 12.2. The average Bonchev–Trinajstić information content (AvgIpc) is 3.43. The molecule has 33 heavy (non-hydrogen) atoms. The lowest BCUT2D eigenvalue weighted by atomic mass is 10.1. The van der Waals surface area contributed by atoms with E-state index in [0.717, 1.165) is 11.1 Å². The zero-order chi connectivity index (χ0) is 23.1. The fourth-order valence-electron chi connectivity index (χ4n) is 3.49. The summed E-state index contributed by atoms with van der Waals surface area (Å²) in [7, 11) is 0. The van der Waals surface area contributed by atoms with E-state index in [2.05, 4.69) is 17.2 Å². The zero-order valence-electron chi connectivity index (χ0n) is 17.8. The molecule has 1 N–H and O–H groups in total. The maximum absolute atomic E-state index is 12.7. The first kappa shape index (κ1) is 21.3. The van der Waals surface area contributed by atoms with Gasteiger partial charge in [0.15, 0.2) is 11.3 Å². The molecule has 0 aliphatic rings. The molecule has 5 nitrogen and oxygen atoms in total. The van der Waals surface area contributed by atoms with Crippen LogP contribution in [0.1, 0.15) is 21.7 Å². The Morgan fingerprint density at radius 2 is 1.73 bits per heavy atom. The molecule has 0 aliphatic heterocycles. The third-order valence-electron chi connectivity index (χ3n) is 5.43. The second kappa shape index (κ2) is 8.43. The smallest absolute Gasteiger partial charge is 0.291 e. The number of halogens is 2. The number of carbonyl (C=O) groups excluding carboxylic acids is 1. The second-order valence-corrected chi connectivity index (χ2v) is 8.59. The number of nitrogens with zero attached hydrogens (tertiary/aromatic N) is 1. The number of amides is 1. The van der Waals surface area contributed by atoms with Crippen LogP contribution >= 0.6 is 23.2 Å². The van der Waals surface area contributed by atoms with Crippen LogP contribution in [0.3, 0.4) is 0 Å². The first-order valence-corrected chi connectivity index (χ1v) is 11.0. The van der Waals surface area contributed by atoms with E-state index in [1.807, 2.05) is 25.1 Å². The van der Waals surface area contributed by atoms with E-state index < -0.39 is 0 Å². The second-order valence-electron chi connectivity index (χ2n) is 7.74. The van der Waals surface area contributed by atoms with Gasteiger partial charge in [0.1, 0.15) is 11.3 Å². The molecular formula is C26H18Cl2N2O3. The van der Waals surface area contributed by atoms with Gasteiger partial charge in [-0.2, -0.15) is 0 Å². The average molecular weight is 477 g/mol. The Morgan fingerprint density at radius 3 is 2.52 bits per heavy atom. The lowest BCUT2D eigenvalue weighted by molar-refractivity contribution is 0.0997. The topological polar surface area (TPSA) is 68.3 Å². The highest BCUT2D eigenvalue weighted by atomic mass is 35.5. The van der Waals surface area contributed by atoms with Gasteiger partial charge < -0.3 is 14.2 Å². The molecule has 0 saturated carbocycles. The number of aryl methyl sites for hydroxylation is 2. The summed E-state index contributed by atoms with van der Waals surface area (Å²) < 4.78 is 11.6. The number of hydrogen-bond acceptors (Lipinski definition) is 4. The molecule has 0 saturated heterocycles. The van der Waals surface area contributed by atoms with Crippen LogP contribution in [0.4, 0.5) is 5.69 Å². The molecule has 5 aromatic rings. The standard InChI is InChI=1S/C26H18Cl2N2O3/c1-14-3-4-16(11-15(14)2)22-9-10-24(32-22)25(31)29-18-6-8-23-21(13-18)30-26(33-23)19-7-5-17(27)12-20(19)28/h3-13H,1-2H3,(H,29,31). The van der Waals surface area contributed by atoms with E-state index in [0.29, 0.717) is 44.0 Å². The number of nitrogens with one attached hydrogen (secondary N) is 1. The van der Waals surface area contributed by atoms with Gasteiger partial charge in [0.25, 0.3) is 5.91 Å². The quantitative estimate of drug-likeness (QED) is 0.285. The molecule has 0 spiro atoms. The van der Waals surface area contributed by atoms with E-state index in [1.165, 1.54) is 5.56 Å². The highest BCUT2D eigenvalue weighted by molar-refractivity contribution is 6.36. The summed E-state index contributed by atoms with van der Waals surface area (Å²) in [4.78, 5) is 17.2. The van der Waals surface area contributed by atoms with Crippen molar-refractivity contribution in [2.75, 3.05) is 5.32 Å². The van der Waals surface area contributed by atoms with E-state index in [4.69, 9.17) is 32.0 Å². The summed E-state index contributed by atoms with van der Waals surface area (Å²) in [5.41, 5.74) is 5.65. The number of furan rings is 1. The molecule has 1 amide bonds. The Bertz CT molecular complexity index is 1520. The van der Waals surface area contributed by atoms with E-state index in [1.54, 1.807) is 48.5 Å². The number of hydrogen-bond donors (Lipinski definition) is 1. The van der Waals surface area contributed by atoms with Crippen LogP contribution in [0, 0.1) is 13.8 Å². The van der Waals surface area contributed by atoms with Crippen LogP contribution in [0.5, 0.6) is 0 Å². The molecular weight excluding hydrogens is 459 g/mol. The van der Waals surface area contributed by atoms with Crippen molar-refractivity contribution in [2.45, 2.75) is 13.8 Å². The van der Waals surface area contributed by atoms with E-state index in [9.17, 15) is 4.79 Å². The molecule has 164 valence electrons. The fraction of sp³-hybridized carbons (Fsp3) is 0.0769. The van der Waals surface area contributed by atoms with E-state index in [-0.39, 0.29) is 11.7 Å². The lowest BCUT2D eigenvalue weighted by Crippen LogP contribution is -2.10. The molecule has 0 atom stereocenters. The van der Waals surface area contributed by atoms with Gasteiger partial charge >= 0.3 is 0 Å². The molecule has 0 bridgehead atoms. The highest BCUT2D eigenvalue weighted by Crippen LogP contribution is 2.33. The van der Waals surface area contributed by atoms with Crippen molar-refractivity contribution in [3.05, 3.63) is 93.7 Å². The van der Waals surface area contributed by atoms with Gasteiger partial charge in [-0.05, 0) is 79.6 Å². The summed E-state index contributed by atoms with van der Waals surface area (Å²) in [5.74, 6) is 0.880. The van der Waals surface area contributed by atoms with Crippen LogP contribution in [0.15, 0.2) is 75.6 Å². The fourth-order valence-corrected chi connectivity index (χ4v) is 3.98. The summed E-state index contributed by atoms with van der Waals surface area (Å²) in [6.07, 6.45) is 0. The van der Waals surface area contributed by atoms with Crippen LogP contribution in [-0.4, -0.2) is 10.9 Å². The predicted octanol–water partition coefficient (Wildman–Crippen LogP) is 7.93. The SMILES string of the molecule is Cc1ccc(-c2ccc(C(=O)Nc3ccc4oc(-c5ccc(Cl)cc5Cl)nc4c3)o2)cc1C. The Kier molecular flexibility index (Phi) is 5.44. The summed E-state index contributed by atoms with van der Waals surface area (Å²) in [5, 5.41) is 3.82. The van der Waals surface area contributed by atoms with Gasteiger partial charge in [0, 0.05) is 16.3 Å². The highest BCUT2D eigenvalue weighted by Gasteiger charge is 2.16. The molecule has 0 aliphatic carbocycles. The van der Waals surface area contributed by atoms with Crippen LogP contribution in [0.25, 0.3) is 33.9 Å². The largest absolute Gasteiger partial charge is 0.451 e. The molecule has 3 aromatic carbocycles. The molecule has 2 heterocycles. The number of carbonyl (C=O) groups is 1. The number of benzene rings is 3. The van der Waals surface area contributed by atoms with Crippen LogP contribution in [0.2, 0.25) is 10.0 Å². The van der Waals surface area contributed by atoms with Crippen LogP contribution in [-0.2, 0) is 0 Å². The minimum Gasteiger partial charge on any atom is -0.451 e. The first-order chi connectivity index (χ1) is 15.9. The van der Waals surface area contributed by atoms with Gasteiger partial charge in [-0.3, -0.25) is 4.79 Å². The van der Waals surface area contributed by atoms with Crippen molar-refractivity contribution >= 4 is 45.9 Å². The van der Waals surface area contributed by atoms with Crippen molar-refractivity contribution in [3.8, 4) is 22.8 Å². The normalized spacial score (nSPS) is 11.2. The maximum atomic E-state index is 12.7. The molecule has 0 radical (unpaired) electrons. The predicted molar refractivity (Wildman–Crippen MR) is 131 cm³/mol. The number of rotatable bonds is 4. The molecule has 2 aromatic heterocycles. The first-order valence-electron chi connectivity index (χ1n) is 10.2. The minimum absolute atomic E-state index is 0.220. The Labute approximate surface area is 200 Å². The third-order valence-corrected chi connectivity index (χ3v) is 5.98. The Balaban J connectivity index is 1.37. The van der Waals surface area contributed by atoms with Crippen molar-refractivity contribution in [1.29, 1.82) is 0 Å². The monoisotopic (exact) mass is 476 g/mol. The van der Waals surface area contributed by atoms with Gasteiger partial charge in [-0.25, -0.2) is 4.98 Å². The zero-order valence-corrected chi connectivity index (χ0v) is 19.3. The number of fused-ring (bicyclic) bond motifs is 1. The third kappa shape index (κ3) is 4.25. The van der Waals surface area contributed by atoms with Crippen LogP contribution < -0.4 is 5.32 Å². The number of oxazole rings is 1. The number of anilines is 1. The van der Waals surface area contributed by atoms with Crippen molar-refractivity contribution in [1.82, 2.24) is 4.98 Å². The molecule has 0 unspecified atom stereocenters. The molecule has 5 rings (SSSR count). The van der Waals surface area contributed by atoms with Crippen molar-refractivity contribution in [3.63, 3.8) is 0 Å². The Hall–Kier alpha value is -3.54. The minimum atomic E-state index is -0.353. The van der Waals surface area contributed by atoms with Crippen molar-refractivity contribution in [2.24, 2.45) is 0 Å². The lowest BCUT2D eigenvalue weighted by Gasteiger charge is -2.04. The molecule has 0 fully saturated rings.